The summed E-state index contributed by atoms with van der Waals surface area (Å²) in [5.41, 5.74) is 0.711. The Balaban J connectivity index is 1.89. The van der Waals surface area contributed by atoms with E-state index < -0.39 is 0 Å². The minimum absolute atomic E-state index is 0.711. The van der Waals surface area contributed by atoms with Gasteiger partial charge < -0.3 is 0 Å². The molecule has 3 aromatic rings. The number of carbonyl (C=O) groups excluding carboxylic acids is 1. The highest BCUT2D eigenvalue weighted by Gasteiger charge is 1.99. The molecule has 0 saturated heterocycles. The second-order valence-corrected chi connectivity index (χ2v) is 5.44. The van der Waals surface area contributed by atoms with Crippen molar-refractivity contribution in [2.45, 2.75) is 9.79 Å². The SMILES string of the molecule is O=Cc1ccc(Sc2ccc3ccccc3c2)cc1. The van der Waals surface area contributed by atoms with Gasteiger partial charge in [-0.05, 0) is 35.0 Å². The van der Waals surface area contributed by atoms with Crippen molar-refractivity contribution in [3.8, 4) is 0 Å². The third-order valence-corrected chi connectivity index (χ3v) is 3.97. The Bertz CT molecular complexity index is 717. The number of benzene rings is 3. The van der Waals surface area contributed by atoms with Crippen LogP contribution in [0.3, 0.4) is 0 Å². The summed E-state index contributed by atoms with van der Waals surface area (Å²) in [6, 6.07) is 22.4. The molecule has 0 saturated carbocycles. The molecule has 0 amide bonds. The number of carbonyl (C=O) groups is 1. The molecule has 3 rings (SSSR count). The quantitative estimate of drug-likeness (QED) is 0.632. The van der Waals surface area contributed by atoms with Crippen molar-refractivity contribution in [2.75, 3.05) is 0 Å². The highest BCUT2D eigenvalue weighted by Crippen LogP contribution is 2.30. The topological polar surface area (TPSA) is 17.1 Å². The van der Waals surface area contributed by atoms with E-state index in [4.69, 9.17) is 0 Å². The summed E-state index contributed by atoms with van der Waals surface area (Å²) < 4.78 is 0. The van der Waals surface area contributed by atoms with E-state index in [2.05, 4.69) is 36.4 Å². The molecule has 2 heteroatoms. The van der Waals surface area contributed by atoms with Crippen molar-refractivity contribution >= 4 is 28.8 Å². The third-order valence-electron chi connectivity index (χ3n) is 2.97. The summed E-state index contributed by atoms with van der Waals surface area (Å²) in [4.78, 5) is 13.0. The lowest BCUT2D eigenvalue weighted by Crippen LogP contribution is -1.79. The van der Waals surface area contributed by atoms with Crippen LogP contribution < -0.4 is 0 Å². The molecule has 0 atom stereocenters. The van der Waals surface area contributed by atoms with E-state index in [1.54, 1.807) is 11.8 Å². The zero-order valence-electron chi connectivity index (χ0n) is 10.2. The van der Waals surface area contributed by atoms with Gasteiger partial charge in [-0.3, -0.25) is 4.79 Å². The van der Waals surface area contributed by atoms with Crippen molar-refractivity contribution in [2.24, 2.45) is 0 Å². The highest BCUT2D eigenvalue weighted by atomic mass is 32.2. The largest absolute Gasteiger partial charge is 0.298 e. The van der Waals surface area contributed by atoms with E-state index in [1.165, 1.54) is 15.7 Å². The Morgan fingerprint density at radius 1 is 0.737 bits per heavy atom. The van der Waals surface area contributed by atoms with Gasteiger partial charge in [-0.2, -0.15) is 0 Å². The minimum Gasteiger partial charge on any atom is -0.298 e. The first-order valence-corrected chi connectivity index (χ1v) is 6.89. The molecule has 1 nitrogen and oxygen atoms in total. The van der Waals surface area contributed by atoms with E-state index >= 15 is 0 Å². The van der Waals surface area contributed by atoms with Crippen molar-refractivity contribution in [1.29, 1.82) is 0 Å². The molecule has 3 aromatic carbocycles. The summed E-state index contributed by atoms with van der Waals surface area (Å²) >= 11 is 1.71. The molecule has 0 radical (unpaired) electrons. The Hall–Kier alpha value is -2.06. The van der Waals surface area contributed by atoms with E-state index in [0.717, 1.165) is 11.2 Å². The predicted molar refractivity (Wildman–Crippen MR) is 79.9 cm³/mol. The van der Waals surface area contributed by atoms with Crippen LogP contribution in [0.2, 0.25) is 0 Å². The number of aldehydes is 1. The van der Waals surface area contributed by atoms with Crippen molar-refractivity contribution in [1.82, 2.24) is 0 Å². The molecule has 0 unspecified atom stereocenters. The molecule has 0 aliphatic rings. The first-order valence-electron chi connectivity index (χ1n) is 6.07. The maximum absolute atomic E-state index is 10.6. The fraction of sp³-hybridized carbons (Fsp3) is 0. The molecule has 0 N–H and O–H groups in total. The van der Waals surface area contributed by atoms with Crippen LogP contribution in [0.5, 0.6) is 0 Å². The van der Waals surface area contributed by atoms with Crippen molar-refractivity contribution in [3.63, 3.8) is 0 Å². The predicted octanol–water partition coefficient (Wildman–Crippen LogP) is 4.80. The minimum atomic E-state index is 0.711. The van der Waals surface area contributed by atoms with Crippen LogP contribution in [0.4, 0.5) is 0 Å². The molecule has 0 heterocycles. The van der Waals surface area contributed by atoms with Crippen molar-refractivity contribution < 1.29 is 4.79 Å². The first-order chi connectivity index (χ1) is 9.35. The number of hydrogen-bond acceptors (Lipinski definition) is 2. The maximum Gasteiger partial charge on any atom is 0.150 e. The Kier molecular flexibility index (Phi) is 3.34. The van der Waals surface area contributed by atoms with Crippen LogP contribution in [0.1, 0.15) is 10.4 Å². The molecule has 0 fully saturated rings. The van der Waals surface area contributed by atoms with Gasteiger partial charge >= 0.3 is 0 Å². The van der Waals surface area contributed by atoms with Gasteiger partial charge in [0.15, 0.2) is 0 Å². The van der Waals surface area contributed by atoms with Crippen LogP contribution in [0, 0.1) is 0 Å². The molecule has 0 aromatic heterocycles. The van der Waals surface area contributed by atoms with Gasteiger partial charge in [0.25, 0.3) is 0 Å². The standard InChI is InChI=1S/C17H12OS/c18-12-13-5-8-16(9-6-13)19-17-10-7-14-3-1-2-4-15(14)11-17/h1-12H. The van der Waals surface area contributed by atoms with Gasteiger partial charge in [0.2, 0.25) is 0 Å². The molecule has 0 bridgehead atoms. The normalized spacial score (nSPS) is 10.5. The van der Waals surface area contributed by atoms with Gasteiger partial charge in [0, 0.05) is 15.4 Å². The average Bonchev–Trinajstić information content (AvgIpc) is 2.48. The van der Waals surface area contributed by atoms with Crippen LogP contribution in [0.25, 0.3) is 10.8 Å². The fourth-order valence-corrected chi connectivity index (χ4v) is 2.85. The van der Waals surface area contributed by atoms with Crippen LogP contribution in [-0.4, -0.2) is 6.29 Å². The second-order valence-electron chi connectivity index (χ2n) is 4.30. The van der Waals surface area contributed by atoms with Gasteiger partial charge in [-0.1, -0.05) is 54.2 Å². The lowest BCUT2D eigenvalue weighted by Gasteiger charge is -2.04. The van der Waals surface area contributed by atoms with Gasteiger partial charge in [0.1, 0.15) is 6.29 Å². The zero-order valence-corrected chi connectivity index (χ0v) is 11.1. The molecule has 92 valence electrons. The van der Waals surface area contributed by atoms with Crippen LogP contribution in [0.15, 0.2) is 76.5 Å². The Morgan fingerprint density at radius 3 is 2.16 bits per heavy atom. The van der Waals surface area contributed by atoms with E-state index in [1.807, 2.05) is 30.3 Å². The smallest absolute Gasteiger partial charge is 0.150 e. The molecule has 19 heavy (non-hydrogen) atoms. The highest BCUT2D eigenvalue weighted by molar-refractivity contribution is 7.99. The van der Waals surface area contributed by atoms with E-state index in [-0.39, 0.29) is 0 Å². The summed E-state index contributed by atoms with van der Waals surface area (Å²) in [7, 11) is 0. The van der Waals surface area contributed by atoms with Crippen molar-refractivity contribution in [3.05, 3.63) is 72.3 Å². The molecular weight excluding hydrogens is 252 g/mol. The second kappa shape index (κ2) is 5.29. The number of hydrogen-bond donors (Lipinski definition) is 0. The number of rotatable bonds is 3. The van der Waals surface area contributed by atoms with Gasteiger partial charge in [-0.15, -0.1) is 0 Å². The molecule has 0 aliphatic carbocycles. The molecule has 0 aliphatic heterocycles. The summed E-state index contributed by atoms with van der Waals surface area (Å²) in [6.07, 6.45) is 0.866. The summed E-state index contributed by atoms with van der Waals surface area (Å²) in [5.74, 6) is 0. The molecular formula is C17H12OS. The van der Waals surface area contributed by atoms with Gasteiger partial charge in [-0.25, -0.2) is 0 Å². The zero-order chi connectivity index (χ0) is 13.1. The van der Waals surface area contributed by atoms with Gasteiger partial charge in [0.05, 0.1) is 0 Å². The molecule has 0 spiro atoms. The monoisotopic (exact) mass is 264 g/mol. The van der Waals surface area contributed by atoms with Crippen LogP contribution in [-0.2, 0) is 0 Å². The first kappa shape index (κ1) is 12.0. The van der Waals surface area contributed by atoms with Crippen LogP contribution >= 0.6 is 11.8 Å². The average molecular weight is 264 g/mol. The van der Waals surface area contributed by atoms with E-state index in [9.17, 15) is 4.79 Å². The maximum atomic E-state index is 10.6. The Labute approximate surface area is 116 Å². The third kappa shape index (κ3) is 2.69. The van der Waals surface area contributed by atoms with E-state index in [0.29, 0.717) is 5.56 Å². The number of fused-ring (bicyclic) bond motifs is 1. The lowest BCUT2D eigenvalue weighted by atomic mass is 10.1. The Morgan fingerprint density at radius 2 is 1.42 bits per heavy atom. The summed E-state index contributed by atoms with van der Waals surface area (Å²) in [5, 5.41) is 2.50. The fourth-order valence-electron chi connectivity index (χ4n) is 1.98. The summed E-state index contributed by atoms with van der Waals surface area (Å²) in [6.45, 7) is 0. The lowest BCUT2D eigenvalue weighted by molar-refractivity contribution is 0.112.